The molecule has 1 N–H and O–H groups in total. The summed E-state index contributed by atoms with van der Waals surface area (Å²) in [6.45, 7) is 0.870. The highest BCUT2D eigenvalue weighted by atomic mass is 79.9. The number of aromatic nitrogens is 1. The van der Waals surface area contributed by atoms with Crippen LogP contribution in [-0.4, -0.2) is 22.8 Å². The van der Waals surface area contributed by atoms with Crippen LogP contribution in [0, 0.1) is 0 Å². The summed E-state index contributed by atoms with van der Waals surface area (Å²) in [6, 6.07) is 12.8. The molecule has 4 heteroatoms. The van der Waals surface area contributed by atoms with Crippen molar-refractivity contribution in [1.82, 2.24) is 9.88 Å². The third-order valence-electron chi connectivity index (χ3n) is 3.87. The second-order valence-corrected chi connectivity index (χ2v) is 6.16. The Balaban J connectivity index is 1.73. The Labute approximate surface area is 127 Å². The van der Waals surface area contributed by atoms with Gasteiger partial charge in [-0.05, 0) is 42.7 Å². The lowest BCUT2D eigenvalue weighted by Gasteiger charge is -2.18. The van der Waals surface area contributed by atoms with E-state index in [1.54, 1.807) is 0 Å². The van der Waals surface area contributed by atoms with E-state index in [2.05, 4.69) is 57.3 Å². The normalized spacial score (nSPS) is 18.4. The van der Waals surface area contributed by atoms with Crippen molar-refractivity contribution in [2.45, 2.75) is 25.3 Å². The Morgan fingerprint density at radius 3 is 2.80 bits per heavy atom. The number of H-pyrrole nitrogens is 1. The minimum atomic E-state index is 0.228. The number of nitrogens with zero attached hydrogens (tertiary/aromatic N) is 1. The lowest BCUT2D eigenvalue weighted by molar-refractivity contribution is -0.119. The number of hydrogen-bond acceptors (Lipinski definition) is 1. The van der Waals surface area contributed by atoms with Crippen molar-refractivity contribution in [3.05, 3.63) is 57.8 Å². The fraction of sp³-hybridized carbons (Fsp3) is 0.312. The van der Waals surface area contributed by atoms with E-state index < -0.39 is 0 Å². The summed E-state index contributed by atoms with van der Waals surface area (Å²) in [6.07, 6.45) is 4.00. The van der Waals surface area contributed by atoms with Crippen molar-refractivity contribution >= 4 is 22.3 Å². The van der Waals surface area contributed by atoms with Crippen LogP contribution in [0.3, 0.4) is 0 Å². The summed E-state index contributed by atoms with van der Waals surface area (Å²) in [7, 11) is 0. The van der Waals surface area contributed by atoms with Crippen LogP contribution in [0.5, 0.6) is 0 Å². The van der Waals surface area contributed by atoms with Crippen LogP contribution in [-0.2, 0) is 11.2 Å². The van der Waals surface area contributed by atoms with Crippen molar-refractivity contribution < 1.29 is 4.79 Å². The van der Waals surface area contributed by atoms with Gasteiger partial charge in [0, 0.05) is 28.8 Å². The fourth-order valence-corrected chi connectivity index (χ4v) is 3.09. The van der Waals surface area contributed by atoms with Crippen molar-refractivity contribution in [1.29, 1.82) is 0 Å². The Morgan fingerprint density at radius 1 is 1.25 bits per heavy atom. The maximum atomic E-state index is 11.0. The van der Waals surface area contributed by atoms with Crippen LogP contribution >= 0.6 is 15.9 Å². The first-order valence-electron chi connectivity index (χ1n) is 6.89. The maximum absolute atomic E-state index is 11.0. The molecule has 1 fully saturated rings. The lowest BCUT2D eigenvalue weighted by atomic mass is 10.1. The number of nitrogens with one attached hydrogen (secondary N) is 1. The van der Waals surface area contributed by atoms with Gasteiger partial charge in [-0.1, -0.05) is 28.1 Å². The van der Waals surface area contributed by atoms with Gasteiger partial charge in [0.25, 0.3) is 0 Å². The highest BCUT2D eigenvalue weighted by molar-refractivity contribution is 9.10. The fourth-order valence-electron chi connectivity index (χ4n) is 2.83. The van der Waals surface area contributed by atoms with Crippen LogP contribution in [0.15, 0.2) is 40.9 Å². The molecule has 1 aromatic carbocycles. The van der Waals surface area contributed by atoms with E-state index in [1.807, 2.05) is 4.90 Å². The molecular formula is C16H17BrN2O. The molecule has 3 rings (SSSR count). The Bertz CT molecular complexity index is 591. The molecule has 20 heavy (non-hydrogen) atoms. The van der Waals surface area contributed by atoms with E-state index in [0.29, 0.717) is 0 Å². The molecule has 2 heterocycles. The number of benzene rings is 1. The number of amides is 1. The van der Waals surface area contributed by atoms with Crippen molar-refractivity contribution in [2.24, 2.45) is 0 Å². The van der Waals surface area contributed by atoms with Crippen LogP contribution in [0.25, 0.3) is 0 Å². The van der Waals surface area contributed by atoms with Gasteiger partial charge in [-0.3, -0.25) is 4.79 Å². The molecule has 0 spiro atoms. The SMILES string of the molecule is O=CN1CCCC1c1ccc(Cc2ccc(Br)cc2)[nH]1. The number of carbonyl (C=O) groups is 1. The Hall–Kier alpha value is -1.55. The summed E-state index contributed by atoms with van der Waals surface area (Å²) in [4.78, 5) is 16.4. The third kappa shape index (κ3) is 2.80. The number of aromatic amines is 1. The average Bonchev–Trinajstić information content (AvgIpc) is 3.09. The van der Waals surface area contributed by atoms with E-state index in [-0.39, 0.29) is 6.04 Å². The average molecular weight is 333 g/mol. The molecule has 1 saturated heterocycles. The molecular weight excluding hydrogens is 316 g/mol. The van der Waals surface area contributed by atoms with Gasteiger partial charge in [0.2, 0.25) is 6.41 Å². The second-order valence-electron chi connectivity index (χ2n) is 5.24. The molecule has 1 aliphatic rings. The van der Waals surface area contributed by atoms with Crippen molar-refractivity contribution in [3.8, 4) is 0 Å². The molecule has 0 aliphatic carbocycles. The van der Waals surface area contributed by atoms with Gasteiger partial charge in [0.05, 0.1) is 6.04 Å². The van der Waals surface area contributed by atoms with Gasteiger partial charge in [-0.2, -0.15) is 0 Å². The molecule has 1 aromatic heterocycles. The predicted molar refractivity (Wildman–Crippen MR) is 82.5 cm³/mol. The Kier molecular flexibility index (Phi) is 3.92. The van der Waals surface area contributed by atoms with Crippen LogP contribution in [0.1, 0.15) is 35.8 Å². The summed E-state index contributed by atoms with van der Waals surface area (Å²) in [5.41, 5.74) is 3.63. The largest absolute Gasteiger partial charge is 0.360 e. The van der Waals surface area contributed by atoms with E-state index >= 15 is 0 Å². The molecule has 1 atom stereocenters. The molecule has 1 amide bonds. The van der Waals surface area contributed by atoms with E-state index in [0.717, 1.165) is 42.4 Å². The lowest BCUT2D eigenvalue weighted by Crippen LogP contribution is -2.21. The monoisotopic (exact) mass is 332 g/mol. The molecule has 3 nitrogen and oxygen atoms in total. The minimum Gasteiger partial charge on any atom is -0.360 e. The second kappa shape index (κ2) is 5.83. The van der Waals surface area contributed by atoms with Crippen LogP contribution < -0.4 is 0 Å². The summed E-state index contributed by atoms with van der Waals surface area (Å²) < 4.78 is 1.10. The zero-order valence-corrected chi connectivity index (χ0v) is 12.8. The topological polar surface area (TPSA) is 36.1 Å². The van der Waals surface area contributed by atoms with E-state index in [1.165, 1.54) is 11.3 Å². The predicted octanol–water partition coefficient (Wildman–Crippen LogP) is 3.66. The van der Waals surface area contributed by atoms with Crippen molar-refractivity contribution in [3.63, 3.8) is 0 Å². The number of carbonyl (C=O) groups excluding carboxylic acids is 1. The molecule has 104 valence electrons. The zero-order chi connectivity index (χ0) is 13.9. The maximum Gasteiger partial charge on any atom is 0.210 e. The van der Waals surface area contributed by atoms with Gasteiger partial charge >= 0.3 is 0 Å². The molecule has 0 saturated carbocycles. The highest BCUT2D eigenvalue weighted by Gasteiger charge is 2.25. The first-order valence-corrected chi connectivity index (χ1v) is 7.69. The molecule has 2 aromatic rings. The van der Waals surface area contributed by atoms with Gasteiger partial charge < -0.3 is 9.88 Å². The molecule has 0 radical (unpaired) electrons. The van der Waals surface area contributed by atoms with Crippen molar-refractivity contribution in [2.75, 3.05) is 6.54 Å². The summed E-state index contributed by atoms with van der Waals surface area (Å²) in [5.74, 6) is 0. The van der Waals surface area contributed by atoms with Gasteiger partial charge in [-0.15, -0.1) is 0 Å². The minimum absolute atomic E-state index is 0.228. The van der Waals surface area contributed by atoms with Gasteiger partial charge in [-0.25, -0.2) is 0 Å². The van der Waals surface area contributed by atoms with Crippen LogP contribution in [0.4, 0.5) is 0 Å². The van der Waals surface area contributed by atoms with E-state index in [9.17, 15) is 4.79 Å². The number of halogens is 1. The quantitative estimate of drug-likeness (QED) is 0.852. The zero-order valence-electron chi connectivity index (χ0n) is 11.2. The molecule has 1 aliphatic heterocycles. The highest BCUT2D eigenvalue weighted by Crippen LogP contribution is 2.30. The summed E-state index contributed by atoms with van der Waals surface area (Å²) in [5, 5.41) is 0. The number of likely N-dealkylation sites (tertiary alicyclic amines) is 1. The number of rotatable bonds is 4. The first kappa shape index (κ1) is 13.4. The van der Waals surface area contributed by atoms with Gasteiger partial charge in [0.1, 0.15) is 0 Å². The first-order chi connectivity index (χ1) is 9.76. The molecule has 1 unspecified atom stereocenters. The van der Waals surface area contributed by atoms with Crippen LogP contribution in [0.2, 0.25) is 0 Å². The van der Waals surface area contributed by atoms with E-state index in [4.69, 9.17) is 0 Å². The third-order valence-corrected chi connectivity index (χ3v) is 4.39. The molecule has 0 bridgehead atoms. The Morgan fingerprint density at radius 2 is 2.05 bits per heavy atom. The van der Waals surface area contributed by atoms with Gasteiger partial charge in [0.15, 0.2) is 0 Å². The standard InChI is InChI=1S/C16H17BrN2O/c17-13-5-3-12(4-6-13)10-14-7-8-15(18-14)16-2-1-9-19(16)11-20/h3-8,11,16,18H,1-2,9-10H2. The number of hydrogen-bond donors (Lipinski definition) is 1. The summed E-state index contributed by atoms with van der Waals surface area (Å²) >= 11 is 3.45. The smallest absolute Gasteiger partial charge is 0.210 e.